The lowest BCUT2D eigenvalue weighted by atomic mass is 10.2. The molecule has 0 aromatic heterocycles. The van der Waals surface area contributed by atoms with Gasteiger partial charge in [0.05, 0.1) is 23.3 Å². The molecule has 2 aromatic rings. The molecule has 0 aliphatic rings. The van der Waals surface area contributed by atoms with Gasteiger partial charge in [-0.05, 0) is 48.9 Å². The zero-order valence-electron chi connectivity index (χ0n) is 14.7. The van der Waals surface area contributed by atoms with E-state index in [-0.39, 0.29) is 12.3 Å². The standard InChI is InChI=1S/C18H16N4O6/c1-2-28-18(25)13-5-7-14(8-6-13)20-16(23)17(24)21-19-11-12-3-9-15(10-4-12)22(26)27/h3-11H,2H2,1H3,(H,20,23)(H,21,24). The zero-order chi connectivity index (χ0) is 20.5. The number of amides is 2. The van der Waals surface area contributed by atoms with Crippen molar-refractivity contribution in [1.29, 1.82) is 0 Å². The van der Waals surface area contributed by atoms with Gasteiger partial charge in [-0.15, -0.1) is 0 Å². The number of hydrazone groups is 1. The maximum atomic E-state index is 11.8. The van der Waals surface area contributed by atoms with Crippen LogP contribution in [0.1, 0.15) is 22.8 Å². The predicted molar refractivity (Wildman–Crippen MR) is 99.9 cm³/mol. The molecule has 0 saturated carbocycles. The number of carbonyl (C=O) groups is 3. The minimum atomic E-state index is -1.01. The van der Waals surface area contributed by atoms with Gasteiger partial charge in [-0.1, -0.05) is 0 Å². The number of nitrogens with one attached hydrogen (secondary N) is 2. The van der Waals surface area contributed by atoms with E-state index in [0.29, 0.717) is 16.8 Å². The fourth-order valence-corrected chi connectivity index (χ4v) is 1.99. The summed E-state index contributed by atoms with van der Waals surface area (Å²) in [6, 6.07) is 11.3. The summed E-state index contributed by atoms with van der Waals surface area (Å²) in [6.45, 7) is 1.94. The van der Waals surface area contributed by atoms with E-state index in [1.807, 2.05) is 5.43 Å². The minimum Gasteiger partial charge on any atom is -0.462 e. The Morgan fingerprint density at radius 3 is 2.29 bits per heavy atom. The Morgan fingerprint density at radius 1 is 1.07 bits per heavy atom. The van der Waals surface area contributed by atoms with Crippen LogP contribution in [-0.2, 0) is 14.3 Å². The molecule has 0 radical (unpaired) electrons. The van der Waals surface area contributed by atoms with Crippen molar-refractivity contribution in [2.24, 2.45) is 5.10 Å². The lowest BCUT2D eigenvalue weighted by molar-refractivity contribution is -0.384. The number of anilines is 1. The van der Waals surface area contributed by atoms with Gasteiger partial charge < -0.3 is 10.1 Å². The average molecular weight is 384 g/mol. The van der Waals surface area contributed by atoms with Gasteiger partial charge in [0.1, 0.15) is 0 Å². The van der Waals surface area contributed by atoms with Crippen LogP contribution in [0.15, 0.2) is 53.6 Å². The molecule has 2 rings (SSSR count). The highest BCUT2D eigenvalue weighted by Gasteiger charge is 2.13. The van der Waals surface area contributed by atoms with Crippen molar-refractivity contribution >= 4 is 35.4 Å². The van der Waals surface area contributed by atoms with Crippen LogP contribution in [0.25, 0.3) is 0 Å². The van der Waals surface area contributed by atoms with E-state index < -0.39 is 22.7 Å². The third-order valence-electron chi connectivity index (χ3n) is 3.34. The van der Waals surface area contributed by atoms with Crippen molar-refractivity contribution in [2.45, 2.75) is 6.92 Å². The molecule has 10 heteroatoms. The molecule has 10 nitrogen and oxygen atoms in total. The smallest absolute Gasteiger partial charge is 0.338 e. The Labute approximate surface area is 159 Å². The summed E-state index contributed by atoms with van der Waals surface area (Å²) in [6.07, 6.45) is 1.24. The summed E-state index contributed by atoms with van der Waals surface area (Å²) in [5.41, 5.74) is 3.10. The fourth-order valence-electron chi connectivity index (χ4n) is 1.99. The monoisotopic (exact) mass is 384 g/mol. The topological polar surface area (TPSA) is 140 Å². The highest BCUT2D eigenvalue weighted by Crippen LogP contribution is 2.11. The number of benzene rings is 2. The van der Waals surface area contributed by atoms with Crippen LogP contribution in [0.3, 0.4) is 0 Å². The summed E-state index contributed by atoms with van der Waals surface area (Å²) in [5, 5.41) is 16.5. The quantitative estimate of drug-likeness (QED) is 0.256. The van der Waals surface area contributed by atoms with Crippen LogP contribution in [-0.4, -0.2) is 35.5 Å². The second-order valence-corrected chi connectivity index (χ2v) is 5.30. The molecule has 0 aliphatic heterocycles. The molecule has 0 aliphatic carbocycles. The largest absolute Gasteiger partial charge is 0.462 e. The fraction of sp³-hybridized carbons (Fsp3) is 0.111. The average Bonchev–Trinajstić information content (AvgIpc) is 2.69. The first-order valence-electron chi connectivity index (χ1n) is 8.06. The Balaban J connectivity index is 1.87. The van der Waals surface area contributed by atoms with Crippen LogP contribution >= 0.6 is 0 Å². The van der Waals surface area contributed by atoms with E-state index in [1.54, 1.807) is 6.92 Å². The third kappa shape index (κ3) is 5.73. The van der Waals surface area contributed by atoms with Crippen LogP contribution in [0.4, 0.5) is 11.4 Å². The van der Waals surface area contributed by atoms with Crippen molar-refractivity contribution < 1.29 is 24.0 Å². The first-order valence-corrected chi connectivity index (χ1v) is 8.06. The van der Waals surface area contributed by atoms with Gasteiger partial charge in [-0.25, -0.2) is 10.2 Å². The molecule has 2 amide bonds. The molecule has 0 fully saturated rings. The zero-order valence-corrected chi connectivity index (χ0v) is 14.7. The number of non-ortho nitro benzene ring substituents is 1. The number of esters is 1. The van der Waals surface area contributed by atoms with Gasteiger partial charge in [-0.3, -0.25) is 19.7 Å². The predicted octanol–water partition coefficient (Wildman–Crippen LogP) is 1.86. The summed E-state index contributed by atoms with van der Waals surface area (Å²) < 4.78 is 4.85. The SMILES string of the molecule is CCOC(=O)c1ccc(NC(=O)C(=O)NN=Cc2ccc([N+](=O)[O-])cc2)cc1. The van der Waals surface area contributed by atoms with E-state index in [0.717, 1.165) is 0 Å². The van der Waals surface area contributed by atoms with Crippen LogP contribution in [0.2, 0.25) is 0 Å². The Morgan fingerprint density at radius 2 is 1.71 bits per heavy atom. The van der Waals surface area contributed by atoms with E-state index in [2.05, 4.69) is 10.4 Å². The van der Waals surface area contributed by atoms with E-state index in [9.17, 15) is 24.5 Å². The number of nitro benzene ring substituents is 1. The molecular weight excluding hydrogens is 368 g/mol. The Bertz CT molecular complexity index is 907. The molecule has 2 N–H and O–H groups in total. The second-order valence-electron chi connectivity index (χ2n) is 5.30. The van der Waals surface area contributed by atoms with E-state index in [4.69, 9.17) is 4.74 Å². The second kappa shape index (κ2) is 9.57. The number of hydrogen-bond donors (Lipinski definition) is 2. The minimum absolute atomic E-state index is 0.0745. The molecule has 0 bridgehead atoms. The van der Waals surface area contributed by atoms with Crippen molar-refractivity contribution in [3.63, 3.8) is 0 Å². The first-order chi connectivity index (χ1) is 13.4. The van der Waals surface area contributed by atoms with Gasteiger partial charge in [0.25, 0.3) is 5.69 Å². The molecular formula is C18H16N4O6. The van der Waals surface area contributed by atoms with Crippen molar-refractivity contribution in [1.82, 2.24) is 5.43 Å². The maximum absolute atomic E-state index is 11.8. The van der Waals surface area contributed by atoms with Crippen LogP contribution < -0.4 is 10.7 Å². The maximum Gasteiger partial charge on any atom is 0.338 e. The lowest BCUT2D eigenvalue weighted by Crippen LogP contribution is -2.32. The molecule has 0 spiro atoms. The summed E-state index contributed by atoms with van der Waals surface area (Å²) in [7, 11) is 0. The van der Waals surface area contributed by atoms with Crippen LogP contribution in [0, 0.1) is 10.1 Å². The number of carbonyl (C=O) groups excluding carboxylic acids is 3. The number of rotatable bonds is 6. The molecule has 0 unspecified atom stereocenters. The van der Waals surface area contributed by atoms with Gasteiger partial charge in [0.15, 0.2) is 0 Å². The van der Waals surface area contributed by atoms with Crippen molar-refractivity contribution in [3.8, 4) is 0 Å². The molecule has 0 saturated heterocycles. The summed E-state index contributed by atoms with van der Waals surface area (Å²) in [5.74, 6) is -2.45. The first kappa shape index (κ1) is 20.2. The van der Waals surface area contributed by atoms with Crippen molar-refractivity contribution in [3.05, 3.63) is 69.8 Å². The van der Waals surface area contributed by atoms with E-state index in [1.165, 1.54) is 54.7 Å². The highest BCUT2D eigenvalue weighted by molar-refractivity contribution is 6.39. The van der Waals surface area contributed by atoms with Crippen molar-refractivity contribution in [2.75, 3.05) is 11.9 Å². The number of nitro groups is 1. The van der Waals surface area contributed by atoms with Gasteiger partial charge in [-0.2, -0.15) is 5.10 Å². The molecule has 144 valence electrons. The Hall–Kier alpha value is -4.08. The number of hydrogen-bond acceptors (Lipinski definition) is 7. The molecule has 0 atom stereocenters. The lowest BCUT2D eigenvalue weighted by Gasteiger charge is -2.05. The van der Waals surface area contributed by atoms with Gasteiger partial charge in [0, 0.05) is 17.8 Å². The van der Waals surface area contributed by atoms with E-state index >= 15 is 0 Å². The van der Waals surface area contributed by atoms with Gasteiger partial charge >= 0.3 is 17.8 Å². The summed E-state index contributed by atoms with van der Waals surface area (Å²) >= 11 is 0. The number of nitrogens with zero attached hydrogens (tertiary/aromatic N) is 2. The highest BCUT2D eigenvalue weighted by atomic mass is 16.6. The van der Waals surface area contributed by atoms with Gasteiger partial charge in [0.2, 0.25) is 0 Å². The van der Waals surface area contributed by atoms with Crippen LogP contribution in [0.5, 0.6) is 0 Å². The number of ether oxygens (including phenoxy) is 1. The molecule has 0 heterocycles. The summed E-state index contributed by atoms with van der Waals surface area (Å²) in [4.78, 5) is 45.2. The molecule has 28 heavy (non-hydrogen) atoms. The third-order valence-corrected chi connectivity index (χ3v) is 3.34. The normalized spacial score (nSPS) is 10.3. The Kier molecular flexibility index (Phi) is 6.92. The molecule has 2 aromatic carbocycles.